The summed E-state index contributed by atoms with van der Waals surface area (Å²) in [4.78, 5) is 0. The minimum atomic E-state index is -1.77. The summed E-state index contributed by atoms with van der Waals surface area (Å²) in [6.45, 7) is 2.01. The third kappa shape index (κ3) is 11.5. The molecule has 0 bridgehead atoms. The third-order valence-corrected chi connectivity index (χ3v) is 1.33. The average Bonchev–Trinajstić information content (AvgIpc) is 1.97. The van der Waals surface area contributed by atoms with E-state index >= 15 is 0 Å². The second-order valence-corrected chi connectivity index (χ2v) is 2.46. The Morgan fingerprint density at radius 2 is 2.08 bits per heavy atom. The van der Waals surface area contributed by atoms with E-state index in [2.05, 4.69) is 4.65 Å². The molecule has 1 atom stereocenters. The molecule has 0 aliphatic carbocycles. The van der Waals surface area contributed by atoms with Crippen LogP contribution in [-0.2, 0) is 4.65 Å². The first-order valence-corrected chi connectivity index (χ1v) is 3.82. The van der Waals surface area contributed by atoms with Gasteiger partial charge >= 0.3 is 58.7 Å². The van der Waals surface area contributed by atoms with Crippen molar-refractivity contribution in [2.45, 2.75) is 32.3 Å². The molecule has 0 aliphatic rings. The number of rotatable bonds is 6. The Labute approximate surface area is 117 Å². The Morgan fingerprint density at radius 3 is 2.50 bits per heavy atom. The summed E-state index contributed by atoms with van der Waals surface area (Å²) < 4.78 is 4.36. The molecule has 1 unspecified atom stereocenters. The van der Waals surface area contributed by atoms with Gasteiger partial charge < -0.3 is 21.2 Å². The van der Waals surface area contributed by atoms with E-state index in [1.54, 1.807) is 0 Å². The molecular formula is C6H16BKO4. The van der Waals surface area contributed by atoms with E-state index in [1.807, 2.05) is 6.92 Å². The SMILES string of the molecule is CCCCC(O)COB(O)O.[H-].[K+]. The van der Waals surface area contributed by atoms with E-state index in [0.717, 1.165) is 12.8 Å². The molecule has 0 aromatic carbocycles. The topological polar surface area (TPSA) is 69.9 Å². The van der Waals surface area contributed by atoms with Crippen molar-refractivity contribution in [3.63, 3.8) is 0 Å². The minimum absolute atomic E-state index is 0. The molecule has 68 valence electrons. The van der Waals surface area contributed by atoms with Crippen LogP contribution in [0.2, 0.25) is 0 Å². The average molecular weight is 202 g/mol. The van der Waals surface area contributed by atoms with Crippen LogP contribution in [0, 0.1) is 0 Å². The van der Waals surface area contributed by atoms with Gasteiger partial charge in [0.15, 0.2) is 0 Å². The van der Waals surface area contributed by atoms with Crippen molar-refractivity contribution in [1.29, 1.82) is 0 Å². The zero-order valence-electron chi connectivity index (χ0n) is 8.73. The second-order valence-electron chi connectivity index (χ2n) is 2.46. The van der Waals surface area contributed by atoms with Gasteiger partial charge in [0.05, 0.1) is 12.7 Å². The molecule has 0 aromatic heterocycles. The van der Waals surface area contributed by atoms with Crippen molar-refractivity contribution in [1.82, 2.24) is 0 Å². The fraction of sp³-hybridized carbons (Fsp3) is 1.00. The molecule has 0 saturated heterocycles. The predicted molar refractivity (Wildman–Crippen MR) is 42.8 cm³/mol. The Balaban J connectivity index is -0.000000500. The van der Waals surface area contributed by atoms with Gasteiger partial charge in [-0.15, -0.1) is 0 Å². The first kappa shape index (κ1) is 16.0. The second kappa shape index (κ2) is 10.6. The molecule has 0 fully saturated rings. The molecule has 0 amide bonds. The maximum atomic E-state index is 9.08. The van der Waals surface area contributed by atoms with Gasteiger partial charge in [0.25, 0.3) is 0 Å². The number of hydrogen-bond acceptors (Lipinski definition) is 4. The maximum Gasteiger partial charge on any atom is 1.00 e. The molecule has 0 rings (SSSR count). The fourth-order valence-electron chi connectivity index (χ4n) is 0.720. The summed E-state index contributed by atoms with van der Waals surface area (Å²) in [5.74, 6) is 0. The number of hydrogen-bond donors (Lipinski definition) is 3. The van der Waals surface area contributed by atoms with Crippen LogP contribution in [-0.4, -0.2) is 35.2 Å². The van der Waals surface area contributed by atoms with Crippen molar-refractivity contribution in [3.8, 4) is 0 Å². The van der Waals surface area contributed by atoms with Crippen molar-refractivity contribution >= 4 is 7.32 Å². The van der Waals surface area contributed by atoms with Crippen LogP contribution >= 0.6 is 0 Å². The van der Waals surface area contributed by atoms with Gasteiger partial charge in [-0.2, -0.15) is 0 Å². The van der Waals surface area contributed by atoms with Crippen molar-refractivity contribution < 1.29 is 72.6 Å². The molecule has 0 saturated carbocycles. The van der Waals surface area contributed by atoms with Crippen LogP contribution in [0.15, 0.2) is 0 Å². The Hall–Kier alpha value is 1.54. The molecule has 0 aliphatic heterocycles. The van der Waals surface area contributed by atoms with E-state index in [0.29, 0.717) is 6.42 Å². The van der Waals surface area contributed by atoms with E-state index in [9.17, 15) is 0 Å². The summed E-state index contributed by atoms with van der Waals surface area (Å²) in [6, 6.07) is 0. The minimum Gasteiger partial charge on any atom is -1.00 e. The van der Waals surface area contributed by atoms with Gasteiger partial charge in [0.2, 0.25) is 0 Å². The summed E-state index contributed by atoms with van der Waals surface area (Å²) in [6.07, 6.45) is 1.99. The molecule has 4 nitrogen and oxygen atoms in total. The van der Waals surface area contributed by atoms with E-state index < -0.39 is 13.4 Å². The zero-order valence-corrected chi connectivity index (χ0v) is 10.9. The van der Waals surface area contributed by atoms with Gasteiger partial charge in [-0.05, 0) is 6.42 Å². The summed E-state index contributed by atoms with van der Waals surface area (Å²) in [5.41, 5.74) is 0. The summed E-state index contributed by atoms with van der Waals surface area (Å²) >= 11 is 0. The quantitative estimate of drug-likeness (QED) is 0.393. The maximum absolute atomic E-state index is 9.08. The molecular weight excluding hydrogens is 186 g/mol. The first-order chi connectivity index (χ1) is 5.16. The monoisotopic (exact) mass is 202 g/mol. The smallest absolute Gasteiger partial charge is 1.00 e. The fourth-order valence-corrected chi connectivity index (χ4v) is 0.720. The van der Waals surface area contributed by atoms with Crippen LogP contribution in [0.5, 0.6) is 0 Å². The molecule has 0 heterocycles. The molecule has 3 N–H and O–H groups in total. The van der Waals surface area contributed by atoms with E-state index in [4.69, 9.17) is 15.2 Å². The van der Waals surface area contributed by atoms with Crippen LogP contribution < -0.4 is 51.4 Å². The van der Waals surface area contributed by atoms with Gasteiger partial charge in [0.1, 0.15) is 0 Å². The van der Waals surface area contributed by atoms with Crippen molar-refractivity contribution in [2.75, 3.05) is 6.61 Å². The summed E-state index contributed by atoms with van der Waals surface area (Å²) in [7, 11) is -1.77. The largest absolute Gasteiger partial charge is 1.00 e. The van der Waals surface area contributed by atoms with E-state index in [-0.39, 0.29) is 59.4 Å². The Morgan fingerprint density at radius 1 is 1.50 bits per heavy atom. The van der Waals surface area contributed by atoms with Gasteiger partial charge in [-0.3, -0.25) is 0 Å². The Bertz CT molecular complexity index is 98.7. The molecule has 6 heteroatoms. The van der Waals surface area contributed by atoms with Crippen molar-refractivity contribution in [3.05, 3.63) is 0 Å². The molecule has 0 radical (unpaired) electrons. The van der Waals surface area contributed by atoms with Crippen LogP contribution in [0.1, 0.15) is 27.6 Å². The predicted octanol–water partition coefficient (Wildman–Crippen LogP) is -3.36. The standard InChI is InChI=1S/C6H15BO4.K.H/c1-2-3-4-6(8)5-11-7(9)10;;/h6,8-10H,2-5H2,1H3;;/q;+1;-1. The summed E-state index contributed by atoms with van der Waals surface area (Å²) in [5, 5.41) is 25.6. The first-order valence-electron chi connectivity index (χ1n) is 3.82. The van der Waals surface area contributed by atoms with Crippen molar-refractivity contribution in [2.24, 2.45) is 0 Å². The number of unbranched alkanes of at least 4 members (excludes halogenated alkanes) is 1. The van der Waals surface area contributed by atoms with Crippen LogP contribution in [0.25, 0.3) is 0 Å². The van der Waals surface area contributed by atoms with Crippen LogP contribution in [0.4, 0.5) is 0 Å². The van der Waals surface area contributed by atoms with Crippen LogP contribution in [0.3, 0.4) is 0 Å². The molecule has 0 aromatic rings. The number of aliphatic hydroxyl groups excluding tert-OH is 1. The number of aliphatic hydroxyl groups is 1. The third-order valence-electron chi connectivity index (χ3n) is 1.33. The molecule has 0 spiro atoms. The normalized spacial score (nSPS) is 12.0. The zero-order chi connectivity index (χ0) is 8.69. The van der Waals surface area contributed by atoms with Gasteiger partial charge in [-0.25, -0.2) is 0 Å². The van der Waals surface area contributed by atoms with E-state index in [1.165, 1.54) is 0 Å². The Kier molecular flexibility index (Phi) is 14.2. The molecule has 12 heavy (non-hydrogen) atoms. The van der Waals surface area contributed by atoms with Gasteiger partial charge in [0, 0.05) is 0 Å². The van der Waals surface area contributed by atoms with Gasteiger partial charge in [-0.1, -0.05) is 19.8 Å².